The van der Waals surface area contributed by atoms with Gasteiger partial charge in [0.05, 0.1) is 71.7 Å². The van der Waals surface area contributed by atoms with Crippen LogP contribution in [0.1, 0.15) is 52.9 Å². The Morgan fingerprint density at radius 1 is 0.618 bits per heavy atom. The fourth-order valence-electron chi connectivity index (χ4n) is 2.96. The summed E-state index contributed by atoms with van der Waals surface area (Å²) in [5, 5.41) is 0. The van der Waals surface area contributed by atoms with E-state index >= 15 is 0 Å². The summed E-state index contributed by atoms with van der Waals surface area (Å²) in [7, 11) is 1.63. The smallest absolute Gasteiger partial charge is 0.302 e. The summed E-state index contributed by atoms with van der Waals surface area (Å²) >= 11 is 0. The third-order valence-corrected chi connectivity index (χ3v) is 4.65. The maximum absolute atomic E-state index is 11.0. The number of carbonyl (C=O) groups is 2. The maximum atomic E-state index is 11.0. The van der Waals surface area contributed by atoms with Crippen LogP contribution in [0.3, 0.4) is 0 Å². The SMILES string of the molecule is CCOC(CCCCOCCOCC(CCOC(C)=O)OCCOCCOC)CCOC(C)=O. The molecular weight excluding hydrogens is 448 g/mol. The number of methoxy groups -OCH3 is 1. The summed E-state index contributed by atoms with van der Waals surface area (Å²) < 4.78 is 43.1. The van der Waals surface area contributed by atoms with Gasteiger partial charge in [-0.2, -0.15) is 0 Å². The third kappa shape index (κ3) is 23.8. The van der Waals surface area contributed by atoms with Gasteiger partial charge in [0.15, 0.2) is 0 Å². The molecule has 0 spiro atoms. The first-order valence-electron chi connectivity index (χ1n) is 12.2. The van der Waals surface area contributed by atoms with Crippen LogP contribution in [0.25, 0.3) is 0 Å². The average molecular weight is 495 g/mol. The van der Waals surface area contributed by atoms with Gasteiger partial charge in [-0.25, -0.2) is 0 Å². The Morgan fingerprint density at radius 2 is 1.21 bits per heavy atom. The van der Waals surface area contributed by atoms with Crippen molar-refractivity contribution in [2.45, 2.75) is 65.1 Å². The second-order valence-electron chi connectivity index (χ2n) is 7.62. The van der Waals surface area contributed by atoms with Crippen molar-refractivity contribution >= 4 is 11.9 Å². The van der Waals surface area contributed by atoms with Crippen molar-refractivity contribution in [3.05, 3.63) is 0 Å². The van der Waals surface area contributed by atoms with Crippen LogP contribution in [0.2, 0.25) is 0 Å². The van der Waals surface area contributed by atoms with E-state index < -0.39 is 0 Å². The summed E-state index contributed by atoms with van der Waals surface area (Å²) in [6.45, 7) is 10.0. The molecule has 10 heteroatoms. The Balaban J connectivity index is 3.86. The van der Waals surface area contributed by atoms with Crippen molar-refractivity contribution in [2.75, 3.05) is 79.8 Å². The average Bonchev–Trinajstić information content (AvgIpc) is 2.79. The molecule has 0 aromatic rings. The van der Waals surface area contributed by atoms with E-state index in [1.54, 1.807) is 7.11 Å². The molecule has 0 rings (SSSR count). The van der Waals surface area contributed by atoms with E-state index in [0.29, 0.717) is 78.9 Å². The molecule has 0 bridgehead atoms. The second kappa shape index (κ2) is 24.8. The summed E-state index contributed by atoms with van der Waals surface area (Å²) in [5.74, 6) is -0.576. The van der Waals surface area contributed by atoms with Gasteiger partial charge in [0.1, 0.15) is 0 Å². The van der Waals surface area contributed by atoms with Gasteiger partial charge >= 0.3 is 11.9 Å². The van der Waals surface area contributed by atoms with E-state index in [4.69, 9.17) is 37.9 Å². The number of rotatable bonds is 25. The molecule has 0 aliphatic heterocycles. The molecule has 0 aromatic carbocycles. The minimum atomic E-state index is -0.312. The largest absolute Gasteiger partial charge is 0.466 e. The van der Waals surface area contributed by atoms with Gasteiger partial charge in [-0.3, -0.25) is 9.59 Å². The van der Waals surface area contributed by atoms with Crippen LogP contribution in [0.5, 0.6) is 0 Å². The lowest BCUT2D eigenvalue weighted by Crippen LogP contribution is -2.25. The lowest BCUT2D eigenvalue weighted by atomic mass is 10.1. The molecule has 0 aliphatic rings. The van der Waals surface area contributed by atoms with Crippen molar-refractivity contribution in [3.8, 4) is 0 Å². The van der Waals surface area contributed by atoms with Crippen LogP contribution in [0.4, 0.5) is 0 Å². The molecule has 34 heavy (non-hydrogen) atoms. The number of carbonyl (C=O) groups excluding carboxylic acids is 2. The zero-order valence-electron chi connectivity index (χ0n) is 21.6. The molecule has 0 fully saturated rings. The van der Waals surface area contributed by atoms with Crippen LogP contribution < -0.4 is 0 Å². The Kier molecular flexibility index (Phi) is 23.9. The zero-order valence-corrected chi connectivity index (χ0v) is 21.6. The van der Waals surface area contributed by atoms with E-state index in [2.05, 4.69) is 0 Å². The predicted octanol–water partition coefficient (Wildman–Crippen LogP) is 2.55. The highest BCUT2D eigenvalue weighted by atomic mass is 16.6. The normalized spacial score (nSPS) is 12.9. The Labute approximate surface area is 204 Å². The molecular formula is C24H46O10. The highest BCUT2D eigenvalue weighted by molar-refractivity contribution is 5.66. The molecule has 0 radical (unpaired) electrons. The fraction of sp³-hybridized carbons (Fsp3) is 0.917. The van der Waals surface area contributed by atoms with Crippen LogP contribution in [0.15, 0.2) is 0 Å². The highest BCUT2D eigenvalue weighted by Gasteiger charge is 2.11. The standard InChI is InChI=1S/C24H46O10/c1-5-31-23(9-12-32-21(2)25)8-6-7-11-28-16-17-30-20-24(10-13-33-22(3)26)34-19-18-29-15-14-27-4/h23-24H,5-20H2,1-4H3. The first-order valence-corrected chi connectivity index (χ1v) is 12.2. The van der Waals surface area contributed by atoms with E-state index in [-0.39, 0.29) is 30.8 Å². The van der Waals surface area contributed by atoms with Gasteiger partial charge in [-0.05, 0) is 26.2 Å². The van der Waals surface area contributed by atoms with Crippen LogP contribution in [-0.2, 0) is 47.5 Å². The molecule has 0 N–H and O–H groups in total. The molecule has 2 unspecified atom stereocenters. The van der Waals surface area contributed by atoms with Gasteiger partial charge in [0.2, 0.25) is 0 Å². The quantitative estimate of drug-likeness (QED) is 0.139. The van der Waals surface area contributed by atoms with Crippen molar-refractivity contribution in [1.82, 2.24) is 0 Å². The minimum absolute atomic E-state index is 0.0991. The molecule has 0 saturated heterocycles. The fourth-order valence-corrected chi connectivity index (χ4v) is 2.96. The minimum Gasteiger partial charge on any atom is -0.466 e. The number of esters is 2. The second-order valence-corrected chi connectivity index (χ2v) is 7.62. The van der Waals surface area contributed by atoms with E-state index in [1.165, 1.54) is 13.8 Å². The molecule has 0 heterocycles. The monoisotopic (exact) mass is 494 g/mol. The Morgan fingerprint density at radius 3 is 1.85 bits per heavy atom. The van der Waals surface area contributed by atoms with Crippen molar-refractivity contribution < 1.29 is 47.5 Å². The molecule has 0 saturated carbocycles. The van der Waals surface area contributed by atoms with Gasteiger partial charge in [0.25, 0.3) is 0 Å². The van der Waals surface area contributed by atoms with Crippen LogP contribution >= 0.6 is 0 Å². The summed E-state index contributed by atoms with van der Waals surface area (Å²) in [4.78, 5) is 21.8. The maximum Gasteiger partial charge on any atom is 0.302 e. The van der Waals surface area contributed by atoms with Crippen LogP contribution in [0, 0.1) is 0 Å². The first kappa shape index (κ1) is 32.7. The molecule has 2 atom stereocenters. The van der Waals surface area contributed by atoms with Gasteiger partial charge in [0, 0.05) is 47.0 Å². The van der Waals surface area contributed by atoms with Crippen LogP contribution in [-0.4, -0.2) is 104 Å². The number of hydrogen-bond acceptors (Lipinski definition) is 10. The van der Waals surface area contributed by atoms with Gasteiger partial charge < -0.3 is 37.9 Å². The zero-order chi connectivity index (χ0) is 25.3. The summed E-state index contributed by atoms with van der Waals surface area (Å²) in [6.07, 6.45) is 3.98. The molecule has 0 aliphatic carbocycles. The van der Waals surface area contributed by atoms with Crippen molar-refractivity contribution in [3.63, 3.8) is 0 Å². The highest BCUT2D eigenvalue weighted by Crippen LogP contribution is 2.10. The molecule has 202 valence electrons. The Bertz CT molecular complexity index is 475. The predicted molar refractivity (Wildman–Crippen MR) is 126 cm³/mol. The van der Waals surface area contributed by atoms with E-state index in [0.717, 1.165) is 19.3 Å². The topological polar surface area (TPSA) is 108 Å². The number of hydrogen-bond donors (Lipinski definition) is 0. The molecule has 0 amide bonds. The van der Waals surface area contributed by atoms with Crippen molar-refractivity contribution in [1.29, 1.82) is 0 Å². The number of ether oxygens (including phenoxy) is 8. The first-order chi connectivity index (χ1) is 16.5. The van der Waals surface area contributed by atoms with Gasteiger partial charge in [-0.15, -0.1) is 0 Å². The van der Waals surface area contributed by atoms with E-state index in [1.807, 2.05) is 6.92 Å². The molecule has 10 nitrogen and oxygen atoms in total. The van der Waals surface area contributed by atoms with Crippen molar-refractivity contribution in [2.24, 2.45) is 0 Å². The lowest BCUT2D eigenvalue weighted by Gasteiger charge is -2.18. The van der Waals surface area contributed by atoms with E-state index in [9.17, 15) is 9.59 Å². The third-order valence-electron chi connectivity index (χ3n) is 4.65. The summed E-state index contributed by atoms with van der Waals surface area (Å²) in [6, 6.07) is 0. The Hall–Kier alpha value is -1.30. The molecule has 0 aromatic heterocycles. The van der Waals surface area contributed by atoms with Gasteiger partial charge in [-0.1, -0.05) is 0 Å². The summed E-state index contributed by atoms with van der Waals surface area (Å²) in [5.41, 5.74) is 0. The lowest BCUT2D eigenvalue weighted by molar-refractivity contribution is -0.143. The number of unbranched alkanes of at least 4 members (excludes halogenated alkanes) is 1.